The van der Waals surface area contributed by atoms with E-state index < -0.39 is 136 Å². The van der Waals surface area contributed by atoms with Gasteiger partial charge in [0.05, 0.1) is 31.7 Å². The van der Waals surface area contributed by atoms with Crippen LogP contribution < -0.4 is 23.7 Å². The first-order valence-corrected chi connectivity index (χ1v) is 26.8. The third-order valence-corrected chi connectivity index (χ3v) is 15.7. The van der Waals surface area contributed by atoms with Crippen LogP contribution in [0, 0.1) is 0 Å². The first kappa shape index (κ1) is 58.4. The summed E-state index contributed by atoms with van der Waals surface area (Å²) in [5, 5.41) is 168. The molecular weight excluding hydrogens is 1100 g/mol. The van der Waals surface area contributed by atoms with Crippen molar-refractivity contribution in [3.8, 4) is 51.7 Å². The maximum Gasteiger partial charge on any atom is 0.229 e. The second-order valence-corrected chi connectivity index (χ2v) is 21.2. The van der Waals surface area contributed by atoms with Crippen LogP contribution in [0.3, 0.4) is 0 Å². The largest absolute Gasteiger partial charge is 0.508 e. The van der Waals surface area contributed by atoms with E-state index in [1.165, 1.54) is 48.5 Å². The molecule has 3 saturated heterocycles. The minimum atomic E-state index is -1.69. The summed E-state index contributed by atoms with van der Waals surface area (Å²) in [6.45, 7) is -1.96. The van der Waals surface area contributed by atoms with Gasteiger partial charge >= 0.3 is 0 Å². The Morgan fingerprint density at radius 1 is 0.357 bits per heavy atom. The smallest absolute Gasteiger partial charge is 0.229 e. The molecule has 6 aromatic carbocycles. The molecule has 0 bridgehead atoms. The van der Waals surface area contributed by atoms with Crippen molar-refractivity contribution >= 4 is 12.2 Å². The minimum absolute atomic E-state index is 0.157. The Balaban J connectivity index is 0.913. The molecule has 5 aliphatic heterocycles. The van der Waals surface area contributed by atoms with Crippen LogP contribution in [0.5, 0.6) is 51.7 Å². The van der Waals surface area contributed by atoms with Gasteiger partial charge in [0.1, 0.15) is 137 Å². The van der Waals surface area contributed by atoms with Crippen LogP contribution in [0.1, 0.15) is 68.6 Å². The number of hydrogen-bond donors (Lipinski definition) is 16. The third-order valence-electron chi connectivity index (χ3n) is 15.7. The quantitative estimate of drug-likeness (QED) is 0.0631. The normalized spacial score (nSPS) is 32.7. The number of hydrogen-bond acceptors (Lipinski definition) is 24. The molecule has 16 N–H and O–H groups in total. The number of aliphatic hydroxyl groups excluding tert-OH is 12. The highest BCUT2D eigenvalue weighted by Crippen LogP contribution is 2.59. The van der Waals surface area contributed by atoms with Gasteiger partial charge in [-0.1, -0.05) is 48.6 Å². The molecule has 0 unspecified atom stereocenters. The molecule has 5 aliphatic rings. The van der Waals surface area contributed by atoms with Gasteiger partial charge in [0.2, 0.25) is 18.9 Å². The number of ether oxygens (including phenoxy) is 8. The minimum Gasteiger partial charge on any atom is -0.508 e. The molecule has 84 heavy (non-hydrogen) atoms. The molecule has 0 aliphatic carbocycles. The molecule has 19 atom stereocenters. The molecule has 24 heteroatoms. The van der Waals surface area contributed by atoms with E-state index in [2.05, 4.69) is 0 Å². The fraction of sp³-hybridized carbons (Fsp3) is 0.367. The Labute approximate surface area is 477 Å². The zero-order valence-electron chi connectivity index (χ0n) is 44.1. The van der Waals surface area contributed by atoms with Crippen molar-refractivity contribution in [3.63, 3.8) is 0 Å². The Kier molecular flexibility index (Phi) is 16.7. The van der Waals surface area contributed by atoms with Crippen molar-refractivity contribution < 1.29 is 120 Å². The topological polar surface area (TPSA) is 398 Å². The standard InChI is InChI=1S/C60H62O24/c61-22-40-47(68)50(71)53(74)58(82-40)77-33-9-3-25(4-10-33)1-2-26-15-36(66)45-38(16-26)80-57(28-7-13-35(14-8-28)79-60-55(76)52(73)49(70)42(24-63)84-60)44(45)30-19-37(67)46-39(20-30)81-56(43(46)29-17-31(64)21-32(65)18-29)27-5-11-34(12-6-27)78-59-54(75)51(72)48(69)41(23-62)83-59/h1-21,40-44,47-76H,22-24H2/b2-1+/t40-,41-,42-,43+,44+,47-,48-,49-,50+,51+,52+,53-,54-,55-,56-,57-,58-,59-,60-/m1/s1. The third kappa shape index (κ3) is 11.3. The fourth-order valence-corrected chi connectivity index (χ4v) is 11.3. The van der Waals surface area contributed by atoms with E-state index >= 15 is 0 Å². The summed E-state index contributed by atoms with van der Waals surface area (Å²) in [7, 11) is 0. The van der Waals surface area contributed by atoms with E-state index in [9.17, 15) is 81.7 Å². The SMILES string of the molecule is OC[C@H]1O[C@@H](Oc2ccc(/C=C/c3cc(O)c4c(c3)O[C@H](c3ccc(O[C@@H]5O[C@H](CO)[C@@H](O)[C@H](O)[C@H]5O)cc3)[C@H]4c3cc(O)c4c(c3)O[C@H](c3ccc(O[C@@H]5O[C@H](CO)[C@@H](O)[C@H](O)[C@H]5O)cc3)[C@H]4c3cc(O)cc(O)c3)cc2)[C@H](O)[C@@H](O)[C@@H]1O. The second-order valence-electron chi connectivity index (χ2n) is 21.2. The van der Waals surface area contributed by atoms with Gasteiger partial charge in [-0.05, 0) is 106 Å². The Morgan fingerprint density at radius 2 is 0.714 bits per heavy atom. The molecule has 24 nitrogen and oxygen atoms in total. The summed E-state index contributed by atoms with van der Waals surface area (Å²) in [6, 6.07) is 29.6. The number of fused-ring (bicyclic) bond motifs is 2. The van der Waals surface area contributed by atoms with Crippen molar-refractivity contribution in [2.45, 2.75) is 116 Å². The number of phenolic OH excluding ortho intramolecular Hbond substituents is 4. The van der Waals surface area contributed by atoms with Gasteiger partial charge in [-0.25, -0.2) is 0 Å². The van der Waals surface area contributed by atoms with Gasteiger partial charge in [0.15, 0.2) is 0 Å². The number of aliphatic hydroxyl groups is 12. The van der Waals surface area contributed by atoms with Crippen molar-refractivity contribution in [1.82, 2.24) is 0 Å². The molecule has 0 amide bonds. The highest BCUT2D eigenvalue weighted by atomic mass is 16.7. The predicted molar refractivity (Wildman–Crippen MR) is 288 cm³/mol. The Hall–Kier alpha value is -7.34. The molecule has 0 saturated carbocycles. The summed E-state index contributed by atoms with van der Waals surface area (Å²) < 4.78 is 47.5. The average molecular weight is 1170 g/mol. The van der Waals surface area contributed by atoms with Crippen LogP contribution in [0.15, 0.2) is 115 Å². The van der Waals surface area contributed by atoms with Crippen molar-refractivity contribution in [2.24, 2.45) is 0 Å². The predicted octanol–water partition coefficient (Wildman–Crippen LogP) is 0.747. The lowest BCUT2D eigenvalue weighted by atomic mass is 9.81. The first-order valence-electron chi connectivity index (χ1n) is 26.8. The van der Waals surface area contributed by atoms with Crippen molar-refractivity contribution in [3.05, 3.63) is 160 Å². The number of rotatable bonds is 15. The van der Waals surface area contributed by atoms with Gasteiger partial charge in [-0.15, -0.1) is 0 Å². The molecule has 6 aromatic rings. The van der Waals surface area contributed by atoms with E-state index in [0.29, 0.717) is 38.9 Å². The van der Waals surface area contributed by atoms with E-state index in [1.807, 2.05) is 0 Å². The van der Waals surface area contributed by atoms with Gasteiger partial charge in [-0.3, -0.25) is 0 Å². The zero-order chi connectivity index (χ0) is 59.4. The maximum absolute atomic E-state index is 12.3. The van der Waals surface area contributed by atoms with Crippen LogP contribution >= 0.6 is 0 Å². The lowest BCUT2D eigenvalue weighted by Crippen LogP contribution is -2.60. The molecule has 0 spiro atoms. The highest BCUT2D eigenvalue weighted by Gasteiger charge is 2.49. The van der Waals surface area contributed by atoms with Crippen LogP contribution in [0.2, 0.25) is 0 Å². The summed E-state index contributed by atoms with van der Waals surface area (Å²) in [6.07, 6.45) is -21.1. The van der Waals surface area contributed by atoms with Crippen LogP contribution in [0.4, 0.5) is 0 Å². The van der Waals surface area contributed by atoms with E-state index in [1.54, 1.807) is 72.8 Å². The monoisotopic (exact) mass is 1170 g/mol. The Bertz CT molecular complexity index is 3280. The summed E-state index contributed by atoms with van der Waals surface area (Å²) >= 11 is 0. The fourth-order valence-electron chi connectivity index (χ4n) is 11.3. The van der Waals surface area contributed by atoms with Crippen molar-refractivity contribution in [2.75, 3.05) is 19.8 Å². The van der Waals surface area contributed by atoms with Gasteiger partial charge in [0.25, 0.3) is 0 Å². The van der Waals surface area contributed by atoms with E-state index in [4.69, 9.17) is 37.9 Å². The zero-order valence-corrected chi connectivity index (χ0v) is 44.1. The lowest BCUT2D eigenvalue weighted by Gasteiger charge is -2.39. The van der Waals surface area contributed by atoms with E-state index in [-0.39, 0.29) is 57.3 Å². The van der Waals surface area contributed by atoms with Crippen LogP contribution in [0.25, 0.3) is 12.2 Å². The second kappa shape index (κ2) is 24.0. The molecule has 446 valence electrons. The summed E-state index contributed by atoms with van der Waals surface area (Å²) in [5.41, 5.74) is 3.57. The molecular formula is C60H62O24. The van der Waals surface area contributed by atoms with Crippen molar-refractivity contribution in [1.29, 1.82) is 0 Å². The summed E-state index contributed by atoms with van der Waals surface area (Å²) in [4.78, 5) is 0. The first-order chi connectivity index (χ1) is 40.3. The lowest BCUT2D eigenvalue weighted by molar-refractivity contribution is -0.277. The number of phenols is 4. The molecule has 5 heterocycles. The maximum atomic E-state index is 12.3. The van der Waals surface area contributed by atoms with E-state index in [0.717, 1.165) is 6.07 Å². The molecule has 11 rings (SSSR count). The summed E-state index contributed by atoms with van der Waals surface area (Å²) in [5.74, 6) is -1.76. The van der Waals surface area contributed by atoms with Crippen LogP contribution in [-0.4, -0.2) is 194 Å². The van der Waals surface area contributed by atoms with Gasteiger partial charge in [0, 0.05) is 17.2 Å². The van der Waals surface area contributed by atoms with Crippen LogP contribution in [-0.2, 0) is 14.2 Å². The number of aromatic hydroxyl groups is 4. The average Bonchev–Trinajstić information content (AvgIpc) is 2.81. The Morgan fingerprint density at radius 3 is 1.12 bits per heavy atom. The molecule has 0 radical (unpaired) electrons. The number of benzene rings is 6. The van der Waals surface area contributed by atoms with Gasteiger partial charge < -0.3 is 120 Å². The highest BCUT2D eigenvalue weighted by molar-refractivity contribution is 5.73. The van der Waals surface area contributed by atoms with Gasteiger partial charge in [-0.2, -0.15) is 0 Å². The molecule has 3 fully saturated rings. The molecule has 0 aromatic heterocycles.